The number of non-ortho nitro benzene ring substituents is 1. The van der Waals surface area contributed by atoms with Crippen molar-refractivity contribution in [3.8, 4) is 0 Å². The molecular weight excluding hydrogens is 432 g/mol. The lowest BCUT2D eigenvalue weighted by Gasteiger charge is -2.67. The van der Waals surface area contributed by atoms with Gasteiger partial charge in [-0.2, -0.15) is 0 Å². The Hall–Kier alpha value is -1.38. The van der Waals surface area contributed by atoms with Gasteiger partial charge in [0.2, 0.25) is 0 Å². The summed E-state index contributed by atoms with van der Waals surface area (Å²) in [4.78, 5) is 36.4. The standard InChI is InChI=1S/C23H30N2O4S2/c1-18(2)16(26)19(3,4)22(18)24(13-14-9-11-15(12-10-14)25(28)29)31-23(30-22)20(5,6)17(27)21(23,7)8/h9-12H,13H2,1-8H3. The number of thioether (sulfide) groups is 1. The van der Waals surface area contributed by atoms with Gasteiger partial charge in [-0.1, -0.05) is 79.5 Å². The van der Waals surface area contributed by atoms with Gasteiger partial charge in [-0.05, 0) is 5.56 Å². The summed E-state index contributed by atoms with van der Waals surface area (Å²) in [5.41, 5.74) is -1.25. The van der Waals surface area contributed by atoms with Crippen LogP contribution < -0.4 is 0 Å². The Kier molecular flexibility index (Phi) is 4.52. The Morgan fingerprint density at radius 2 is 1.29 bits per heavy atom. The van der Waals surface area contributed by atoms with Crippen LogP contribution in [0, 0.1) is 31.8 Å². The molecule has 3 fully saturated rings. The number of benzene rings is 1. The maximum atomic E-state index is 13.2. The van der Waals surface area contributed by atoms with Crippen molar-refractivity contribution in [1.82, 2.24) is 4.31 Å². The van der Waals surface area contributed by atoms with Gasteiger partial charge in [0.1, 0.15) is 20.5 Å². The first-order valence-corrected chi connectivity index (χ1v) is 12.1. The van der Waals surface area contributed by atoms with Crippen LogP contribution in [0.2, 0.25) is 0 Å². The Labute approximate surface area is 192 Å². The third kappa shape index (κ3) is 2.31. The number of Topliss-reactive ketones (excluding diaryl/α,β-unsaturated/α-hetero) is 2. The van der Waals surface area contributed by atoms with Crippen LogP contribution in [0.25, 0.3) is 0 Å². The number of nitro benzene ring substituents is 1. The van der Waals surface area contributed by atoms with Crippen LogP contribution in [0.15, 0.2) is 24.3 Å². The summed E-state index contributed by atoms with van der Waals surface area (Å²) in [6.45, 7) is 16.7. The van der Waals surface area contributed by atoms with E-state index in [0.29, 0.717) is 6.54 Å². The van der Waals surface area contributed by atoms with E-state index in [1.54, 1.807) is 35.8 Å². The molecule has 0 amide bonds. The average Bonchev–Trinajstić information content (AvgIpc) is 3.07. The molecule has 4 rings (SSSR count). The van der Waals surface area contributed by atoms with Crippen LogP contribution >= 0.6 is 23.7 Å². The molecule has 6 nitrogen and oxygen atoms in total. The van der Waals surface area contributed by atoms with Crippen LogP contribution in [0.5, 0.6) is 0 Å². The Bertz CT molecular complexity index is 975. The summed E-state index contributed by atoms with van der Waals surface area (Å²) >= 11 is 3.50. The van der Waals surface area contributed by atoms with Crippen molar-refractivity contribution < 1.29 is 14.5 Å². The maximum absolute atomic E-state index is 13.2. The highest BCUT2D eigenvalue weighted by Crippen LogP contribution is 2.84. The first-order chi connectivity index (χ1) is 14.0. The summed E-state index contributed by atoms with van der Waals surface area (Å²) < 4.78 is 1.91. The second kappa shape index (κ2) is 6.14. The molecule has 1 heterocycles. The van der Waals surface area contributed by atoms with E-state index >= 15 is 0 Å². The van der Waals surface area contributed by atoms with E-state index in [1.165, 1.54) is 12.1 Å². The summed E-state index contributed by atoms with van der Waals surface area (Å²) in [6.07, 6.45) is 0. The predicted molar refractivity (Wildman–Crippen MR) is 124 cm³/mol. The first-order valence-electron chi connectivity index (χ1n) is 10.5. The second-order valence-electron chi connectivity index (χ2n) is 11.1. The van der Waals surface area contributed by atoms with Crippen LogP contribution in [-0.4, -0.2) is 29.7 Å². The van der Waals surface area contributed by atoms with Crippen molar-refractivity contribution in [1.29, 1.82) is 0 Å². The number of ketones is 2. The van der Waals surface area contributed by atoms with E-state index in [-0.39, 0.29) is 17.3 Å². The highest BCUT2D eigenvalue weighted by atomic mass is 32.2. The number of hydrogen-bond acceptors (Lipinski definition) is 7. The Morgan fingerprint density at radius 3 is 1.74 bits per heavy atom. The predicted octanol–water partition coefficient (Wildman–Crippen LogP) is 5.45. The molecule has 2 spiro atoms. The zero-order valence-corrected chi connectivity index (χ0v) is 21.0. The first kappa shape index (κ1) is 22.8. The maximum Gasteiger partial charge on any atom is 0.269 e. The van der Waals surface area contributed by atoms with Crippen molar-refractivity contribution in [3.05, 3.63) is 39.9 Å². The molecule has 0 N–H and O–H groups in total. The molecule has 1 saturated heterocycles. The highest BCUT2D eigenvalue weighted by molar-refractivity contribution is 8.21. The van der Waals surface area contributed by atoms with Gasteiger partial charge < -0.3 is 0 Å². The molecule has 168 valence electrons. The highest BCUT2D eigenvalue weighted by Gasteiger charge is 2.86. The molecule has 1 aromatic carbocycles. The van der Waals surface area contributed by atoms with Crippen LogP contribution in [-0.2, 0) is 16.1 Å². The minimum Gasteiger partial charge on any atom is -0.298 e. The molecule has 8 heteroatoms. The Morgan fingerprint density at radius 1 is 0.839 bits per heavy atom. The lowest BCUT2D eigenvalue weighted by atomic mass is 9.50. The van der Waals surface area contributed by atoms with Gasteiger partial charge in [0, 0.05) is 18.7 Å². The SMILES string of the molecule is CC1(C)C(=O)C(C)(C)C12SN(Cc1ccc([N+](=O)[O-])cc1)C1(S2)C(C)(C)C(=O)C1(C)C. The summed E-state index contributed by atoms with van der Waals surface area (Å²) in [5, 5.41) is 11.0. The number of nitro groups is 1. The van der Waals surface area contributed by atoms with Gasteiger partial charge in [-0.15, -0.1) is 11.8 Å². The number of hydrogen-bond donors (Lipinski definition) is 0. The normalized spacial score (nSPS) is 28.4. The zero-order chi connectivity index (χ0) is 23.4. The number of nitrogens with zero attached hydrogens (tertiary/aromatic N) is 2. The van der Waals surface area contributed by atoms with Gasteiger partial charge in [0.25, 0.3) is 5.69 Å². The van der Waals surface area contributed by atoms with E-state index in [9.17, 15) is 19.7 Å². The zero-order valence-electron chi connectivity index (χ0n) is 19.4. The van der Waals surface area contributed by atoms with Gasteiger partial charge >= 0.3 is 0 Å². The van der Waals surface area contributed by atoms with Crippen molar-refractivity contribution >= 4 is 41.0 Å². The van der Waals surface area contributed by atoms with Gasteiger partial charge in [0.15, 0.2) is 0 Å². The Balaban J connectivity index is 1.81. The number of carbonyl (C=O) groups is 2. The average molecular weight is 463 g/mol. The summed E-state index contributed by atoms with van der Waals surface area (Å²) in [6, 6.07) is 6.61. The quantitative estimate of drug-likeness (QED) is 0.335. The molecule has 0 aromatic heterocycles. The molecule has 0 bridgehead atoms. The molecule has 0 unspecified atom stereocenters. The second-order valence-corrected chi connectivity index (χ2v) is 14.0. The van der Waals surface area contributed by atoms with Crippen molar-refractivity contribution in [2.24, 2.45) is 21.7 Å². The third-order valence-corrected chi connectivity index (χ3v) is 13.3. The number of carbonyl (C=O) groups excluding carboxylic acids is 2. The molecule has 3 aliphatic rings. The van der Waals surface area contributed by atoms with E-state index in [2.05, 4.69) is 4.31 Å². The number of rotatable bonds is 3. The van der Waals surface area contributed by atoms with Gasteiger partial charge in [0.05, 0.1) is 26.6 Å². The molecule has 31 heavy (non-hydrogen) atoms. The van der Waals surface area contributed by atoms with Crippen LogP contribution in [0.3, 0.4) is 0 Å². The lowest BCUT2D eigenvalue weighted by molar-refractivity contribution is -0.384. The van der Waals surface area contributed by atoms with Crippen LogP contribution in [0.4, 0.5) is 5.69 Å². The van der Waals surface area contributed by atoms with Crippen molar-refractivity contribution in [2.45, 2.75) is 70.9 Å². The topological polar surface area (TPSA) is 80.5 Å². The summed E-state index contributed by atoms with van der Waals surface area (Å²) in [7, 11) is 0. The molecule has 1 aromatic rings. The largest absolute Gasteiger partial charge is 0.298 e. The smallest absolute Gasteiger partial charge is 0.269 e. The fourth-order valence-corrected chi connectivity index (χ4v) is 11.2. The molecule has 0 atom stereocenters. The van der Waals surface area contributed by atoms with E-state index < -0.39 is 35.5 Å². The van der Waals surface area contributed by atoms with E-state index in [0.717, 1.165) is 5.56 Å². The molecule has 2 aliphatic carbocycles. The van der Waals surface area contributed by atoms with Gasteiger partial charge in [-0.25, -0.2) is 4.31 Å². The summed E-state index contributed by atoms with van der Waals surface area (Å²) in [5.74, 6) is 0.466. The van der Waals surface area contributed by atoms with E-state index in [4.69, 9.17) is 0 Å². The lowest BCUT2D eigenvalue weighted by Crippen LogP contribution is -2.77. The molecule has 0 radical (unpaired) electrons. The van der Waals surface area contributed by atoms with Crippen molar-refractivity contribution in [3.63, 3.8) is 0 Å². The minimum absolute atomic E-state index is 0.0599. The van der Waals surface area contributed by atoms with E-state index in [1.807, 2.05) is 55.4 Å². The third-order valence-electron chi connectivity index (χ3n) is 7.97. The molecule has 2 saturated carbocycles. The van der Waals surface area contributed by atoms with Crippen LogP contribution in [0.1, 0.15) is 61.0 Å². The molecular formula is C23H30N2O4S2. The molecule has 1 aliphatic heterocycles. The minimum atomic E-state index is -0.594. The van der Waals surface area contributed by atoms with Gasteiger partial charge in [-0.3, -0.25) is 19.7 Å². The van der Waals surface area contributed by atoms with Crippen molar-refractivity contribution in [2.75, 3.05) is 0 Å². The fourth-order valence-electron chi connectivity index (χ4n) is 6.50. The monoisotopic (exact) mass is 462 g/mol. The fraction of sp³-hybridized carbons (Fsp3) is 0.652.